The number of morpholine rings is 1. The molecule has 2 aromatic carbocycles. The van der Waals surface area contributed by atoms with Crippen LogP contribution in [-0.4, -0.2) is 68.3 Å². The maximum absolute atomic E-state index is 14.0. The van der Waals surface area contributed by atoms with E-state index in [4.69, 9.17) is 18.6 Å². The van der Waals surface area contributed by atoms with E-state index in [2.05, 4.69) is 11.5 Å². The third-order valence-corrected chi connectivity index (χ3v) is 6.63. The summed E-state index contributed by atoms with van der Waals surface area (Å²) < 4.78 is 37.0. The van der Waals surface area contributed by atoms with Gasteiger partial charge in [0.1, 0.15) is 18.0 Å². The number of hydrogen-bond acceptors (Lipinski definition) is 7. The Balaban J connectivity index is 1.61. The molecule has 5 rings (SSSR count). The van der Waals surface area contributed by atoms with Gasteiger partial charge in [-0.05, 0) is 42.8 Å². The summed E-state index contributed by atoms with van der Waals surface area (Å²) in [5.41, 5.74) is 0.627. The number of carbonyl (C=O) groups excluding carboxylic acids is 1. The van der Waals surface area contributed by atoms with Crippen molar-refractivity contribution >= 4 is 16.9 Å². The fourth-order valence-corrected chi connectivity index (χ4v) is 4.87. The first-order valence-corrected chi connectivity index (χ1v) is 12.4. The predicted octanol–water partition coefficient (Wildman–Crippen LogP) is 3.77. The highest BCUT2D eigenvalue weighted by Crippen LogP contribution is 2.41. The lowest BCUT2D eigenvalue weighted by molar-refractivity contribution is 0.0314. The number of ether oxygens (including phenoxy) is 3. The van der Waals surface area contributed by atoms with E-state index in [1.165, 1.54) is 12.1 Å². The van der Waals surface area contributed by atoms with Crippen molar-refractivity contribution < 1.29 is 27.8 Å². The Bertz CT molecular complexity index is 1380. The van der Waals surface area contributed by atoms with E-state index in [1.807, 2.05) is 13.0 Å². The number of halogens is 1. The quantitative estimate of drug-likeness (QED) is 0.407. The zero-order valence-corrected chi connectivity index (χ0v) is 20.7. The number of benzene rings is 2. The van der Waals surface area contributed by atoms with E-state index in [-0.39, 0.29) is 28.2 Å². The molecule has 2 aliphatic rings. The molecule has 0 aliphatic carbocycles. The van der Waals surface area contributed by atoms with Gasteiger partial charge in [0, 0.05) is 26.2 Å². The van der Waals surface area contributed by atoms with Crippen LogP contribution in [0, 0.1) is 5.82 Å². The Labute approximate surface area is 213 Å². The molecule has 0 saturated carbocycles. The van der Waals surface area contributed by atoms with Crippen LogP contribution in [0.5, 0.6) is 11.5 Å². The van der Waals surface area contributed by atoms with Crippen molar-refractivity contribution in [3.63, 3.8) is 0 Å². The van der Waals surface area contributed by atoms with Crippen molar-refractivity contribution in [2.75, 3.05) is 52.6 Å². The summed E-state index contributed by atoms with van der Waals surface area (Å²) in [6.45, 7) is 10.0. The van der Waals surface area contributed by atoms with Gasteiger partial charge in [-0.2, -0.15) is 0 Å². The summed E-state index contributed by atoms with van der Waals surface area (Å²) in [5, 5.41) is 0.0996. The van der Waals surface area contributed by atoms with E-state index in [9.17, 15) is 14.0 Å². The molecule has 1 amide bonds. The van der Waals surface area contributed by atoms with Crippen LogP contribution in [0.25, 0.3) is 11.0 Å². The highest BCUT2D eigenvalue weighted by atomic mass is 19.1. The molecule has 0 bridgehead atoms. The molecule has 9 heteroatoms. The van der Waals surface area contributed by atoms with Gasteiger partial charge in [-0.3, -0.25) is 14.5 Å². The average Bonchev–Trinajstić information content (AvgIpc) is 3.19. The minimum Gasteiger partial charge on any atom is -0.490 e. The molecule has 1 unspecified atom stereocenters. The van der Waals surface area contributed by atoms with Crippen molar-refractivity contribution in [1.29, 1.82) is 0 Å². The second-order valence-electron chi connectivity index (χ2n) is 8.91. The second kappa shape index (κ2) is 10.7. The van der Waals surface area contributed by atoms with E-state index < -0.39 is 17.3 Å². The molecule has 0 spiro atoms. The number of hydrogen-bond donors (Lipinski definition) is 0. The predicted molar refractivity (Wildman–Crippen MR) is 136 cm³/mol. The van der Waals surface area contributed by atoms with E-state index in [0.29, 0.717) is 56.6 Å². The molecular weight excluding hydrogens is 479 g/mol. The molecule has 0 N–H and O–H groups in total. The zero-order valence-electron chi connectivity index (χ0n) is 20.7. The van der Waals surface area contributed by atoms with Crippen LogP contribution in [0.4, 0.5) is 4.39 Å². The van der Waals surface area contributed by atoms with E-state index in [1.54, 1.807) is 23.1 Å². The van der Waals surface area contributed by atoms with Gasteiger partial charge in [-0.15, -0.1) is 0 Å². The fourth-order valence-electron chi connectivity index (χ4n) is 4.87. The van der Waals surface area contributed by atoms with Crippen molar-refractivity contribution in [1.82, 2.24) is 9.80 Å². The first-order chi connectivity index (χ1) is 18.0. The van der Waals surface area contributed by atoms with Gasteiger partial charge in [0.2, 0.25) is 5.76 Å². The van der Waals surface area contributed by atoms with Gasteiger partial charge >= 0.3 is 0 Å². The van der Waals surface area contributed by atoms with Crippen LogP contribution in [0.1, 0.15) is 34.6 Å². The van der Waals surface area contributed by atoms with Crippen molar-refractivity contribution in [3.8, 4) is 11.5 Å². The topological polar surface area (TPSA) is 81.5 Å². The summed E-state index contributed by atoms with van der Waals surface area (Å²) in [6.07, 6.45) is 1.64. The van der Waals surface area contributed by atoms with Gasteiger partial charge in [0.25, 0.3) is 5.91 Å². The Hall–Kier alpha value is -3.69. The summed E-state index contributed by atoms with van der Waals surface area (Å²) in [7, 11) is 0. The van der Waals surface area contributed by atoms with Gasteiger partial charge in [-0.1, -0.05) is 18.7 Å². The van der Waals surface area contributed by atoms with Crippen LogP contribution in [-0.2, 0) is 4.74 Å². The molecule has 3 heterocycles. The zero-order chi connectivity index (χ0) is 25.9. The Morgan fingerprint density at radius 3 is 2.65 bits per heavy atom. The lowest BCUT2D eigenvalue weighted by Crippen LogP contribution is -2.42. The first kappa shape index (κ1) is 25.0. The Morgan fingerprint density at radius 1 is 1.08 bits per heavy atom. The number of nitrogens with zero attached hydrogens (tertiary/aromatic N) is 2. The summed E-state index contributed by atoms with van der Waals surface area (Å²) in [6, 6.07) is 8.37. The normalized spacial score (nSPS) is 17.7. The van der Waals surface area contributed by atoms with Crippen molar-refractivity contribution in [2.24, 2.45) is 0 Å². The van der Waals surface area contributed by atoms with Crippen LogP contribution in [0.15, 0.2) is 58.3 Å². The van der Waals surface area contributed by atoms with Gasteiger partial charge < -0.3 is 23.5 Å². The molecule has 37 heavy (non-hydrogen) atoms. The standard InChI is InChI=1S/C28H29FN2O6/c1-3-13-36-22-7-5-18(16-23(22)35-4-2)25-24-26(32)20-17-19(29)6-8-21(20)37-27(24)28(33)31(25)10-9-30-11-14-34-15-12-30/h3,5-8,16-17,25H,1,4,9-15H2,2H3. The van der Waals surface area contributed by atoms with Gasteiger partial charge in [0.05, 0.1) is 36.8 Å². The summed E-state index contributed by atoms with van der Waals surface area (Å²) >= 11 is 0. The van der Waals surface area contributed by atoms with Gasteiger partial charge in [0.15, 0.2) is 16.9 Å². The number of fused-ring (bicyclic) bond motifs is 2. The fraction of sp³-hybridized carbons (Fsp3) is 0.357. The minimum absolute atomic E-state index is 0.0129. The SMILES string of the molecule is C=CCOc1ccc(C2c3c(oc4ccc(F)cc4c3=O)C(=O)N2CCN2CCOCC2)cc1OCC. The largest absolute Gasteiger partial charge is 0.490 e. The Kier molecular flexibility index (Phi) is 7.25. The molecule has 194 valence electrons. The molecule has 1 atom stereocenters. The lowest BCUT2D eigenvalue weighted by Gasteiger charge is -2.31. The number of amides is 1. The molecule has 3 aromatic rings. The molecular formula is C28H29FN2O6. The van der Waals surface area contributed by atoms with Gasteiger partial charge in [-0.25, -0.2) is 4.39 Å². The third-order valence-electron chi connectivity index (χ3n) is 6.63. The van der Waals surface area contributed by atoms with Crippen molar-refractivity contribution in [3.05, 3.63) is 82.0 Å². The van der Waals surface area contributed by atoms with Crippen LogP contribution in [0.3, 0.4) is 0 Å². The monoisotopic (exact) mass is 508 g/mol. The molecule has 2 aliphatic heterocycles. The molecule has 1 fully saturated rings. The summed E-state index contributed by atoms with van der Waals surface area (Å²) in [5.74, 6) is 0.0873. The highest BCUT2D eigenvalue weighted by Gasteiger charge is 2.43. The lowest BCUT2D eigenvalue weighted by atomic mass is 9.98. The van der Waals surface area contributed by atoms with E-state index >= 15 is 0 Å². The Morgan fingerprint density at radius 2 is 1.89 bits per heavy atom. The molecule has 8 nitrogen and oxygen atoms in total. The van der Waals surface area contributed by atoms with Crippen LogP contribution in [0.2, 0.25) is 0 Å². The maximum Gasteiger partial charge on any atom is 0.290 e. The number of carbonyl (C=O) groups is 1. The van der Waals surface area contributed by atoms with Crippen molar-refractivity contribution in [2.45, 2.75) is 13.0 Å². The molecule has 1 aromatic heterocycles. The third kappa shape index (κ3) is 4.84. The van der Waals surface area contributed by atoms with Crippen LogP contribution >= 0.6 is 0 Å². The average molecular weight is 509 g/mol. The number of rotatable bonds is 9. The highest BCUT2D eigenvalue weighted by molar-refractivity contribution is 5.99. The maximum atomic E-state index is 14.0. The molecule has 1 saturated heterocycles. The first-order valence-electron chi connectivity index (χ1n) is 12.4. The van der Waals surface area contributed by atoms with Crippen LogP contribution < -0.4 is 14.9 Å². The smallest absolute Gasteiger partial charge is 0.290 e. The molecule has 0 radical (unpaired) electrons. The summed E-state index contributed by atoms with van der Waals surface area (Å²) in [4.78, 5) is 31.2. The van der Waals surface area contributed by atoms with E-state index in [0.717, 1.165) is 19.2 Å². The minimum atomic E-state index is -0.722. The second-order valence-corrected chi connectivity index (χ2v) is 8.91.